The second-order valence-corrected chi connectivity index (χ2v) is 4.89. The van der Waals surface area contributed by atoms with Crippen LogP contribution in [-0.2, 0) is 4.74 Å². The van der Waals surface area contributed by atoms with Crippen LogP contribution in [-0.4, -0.2) is 24.3 Å². The molecule has 0 amide bonds. The zero-order chi connectivity index (χ0) is 12.5. The van der Waals surface area contributed by atoms with E-state index in [9.17, 15) is 0 Å². The Morgan fingerprint density at radius 3 is 1.80 bits per heavy atom. The monoisotopic (exact) mass is 218 g/mol. The van der Waals surface area contributed by atoms with Gasteiger partial charge in [-0.3, -0.25) is 0 Å². The highest BCUT2D eigenvalue weighted by atomic mass is 16.5. The van der Waals surface area contributed by atoms with Gasteiger partial charge in [0.15, 0.2) is 0 Å². The molecule has 0 aromatic carbocycles. The van der Waals surface area contributed by atoms with Crippen LogP contribution in [0.25, 0.3) is 0 Å². The summed E-state index contributed by atoms with van der Waals surface area (Å²) in [6.45, 7) is 13.5. The molecule has 0 atom stereocenters. The molecule has 3 heteroatoms. The van der Waals surface area contributed by atoms with Gasteiger partial charge in [0, 0.05) is 12.1 Å². The van der Waals surface area contributed by atoms with Crippen molar-refractivity contribution in [3.63, 3.8) is 0 Å². The van der Waals surface area contributed by atoms with Crippen LogP contribution in [0.4, 0.5) is 0 Å². The lowest BCUT2D eigenvalue weighted by Gasteiger charge is -2.27. The highest BCUT2D eigenvalue weighted by Gasteiger charge is 2.18. The zero-order valence-corrected chi connectivity index (χ0v) is 11.4. The van der Waals surface area contributed by atoms with Gasteiger partial charge in [-0.1, -0.05) is 13.8 Å². The summed E-state index contributed by atoms with van der Waals surface area (Å²) in [6, 6.07) is 0. The average Bonchev–Trinajstić information content (AvgIpc) is 2.04. The summed E-state index contributed by atoms with van der Waals surface area (Å²) in [5, 5.41) is 0. The first-order chi connectivity index (χ1) is 6.77. The van der Waals surface area contributed by atoms with E-state index in [4.69, 9.17) is 16.2 Å². The lowest BCUT2D eigenvalue weighted by atomic mass is 10.0. The molecule has 0 radical (unpaired) electrons. The molecule has 0 fully saturated rings. The second kappa shape index (κ2) is 8.08. The number of nitrogens with two attached hydrogens (primary N) is 2. The average molecular weight is 218 g/mol. The molecule has 4 N–H and O–H groups in total. The van der Waals surface area contributed by atoms with E-state index in [1.165, 1.54) is 0 Å². The van der Waals surface area contributed by atoms with Crippen molar-refractivity contribution in [1.29, 1.82) is 0 Å². The fourth-order valence-corrected chi connectivity index (χ4v) is 1.01. The molecule has 0 saturated heterocycles. The molecule has 0 saturated carbocycles. The summed E-state index contributed by atoms with van der Waals surface area (Å²) in [4.78, 5) is 0. The van der Waals surface area contributed by atoms with Crippen LogP contribution in [0.15, 0.2) is 0 Å². The third kappa shape index (κ3) is 13.9. The van der Waals surface area contributed by atoms with Gasteiger partial charge in [-0.05, 0) is 47.1 Å². The molecule has 0 unspecified atom stereocenters. The maximum atomic E-state index is 5.83. The first-order valence-electron chi connectivity index (χ1n) is 5.90. The Bertz CT molecular complexity index is 139. The van der Waals surface area contributed by atoms with E-state index in [0.717, 1.165) is 12.8 Å². The van der Waals surface area contributed by atoms with Crippen LogP contribution in [0.3, 0.4) is 0 Å². The summed E-state index contributed by atoms with van der Waals surface area (Å²) in [6.07, 6.45) is 1.76. The van der Waals surface area contributed by atoms with E-state index in [0.29, 0.717) is 13.2 Å². The number of rotatable bonds is 6. The van der Waals surface area contributed by atoms with Crippen molar-refractivity contribution >= 4 is 0 Å². The minimum atomic E-state index is -0.140. The van der Waals surface area contributed by atoms with E-state index < -0.39 is 0 Å². The van der Waals surface area contributed by atoms with Crippen molar-refractivity contribution in [3.05, 3.63) is 0 Å². The minimum absolute atomic E-state index is 0.111. The van der Waals surface area contributed by atoms with Gasteiger partial charge in [0.2, 0.25) is 0 Å². The largest absolute Gasteiger partial charge is 0.375 e. The molecule has 15 heavy (non-hydrogen) atoms. The predicted molar refractivity (Wildman–Crippen MR) is 67.9 cm³/mol. The van der Waals surface area contributed by atoms with E-state index in [-0.39, 0.29) is 11.1 Å². The van der Waals surface area contributed by atoms with Gasteiger partial charge in [0.1, 0.15) is 0 Å². The lowest BCUT2D eigenvalue weighted by molar-refractivity contribution is -0.0273. The van der Waals surface area contributed by atoms with Gasteiger partial charge in [0.05, 0.1) is 5.60 Å². The number of hydrogen-bond donors (Lipinski definition) is 2. The number of hydrogen-bond acceptors (Lipinski definition) is 3. The molecule has 3 nitrogen and oxygen atoms in total. The molecule has 0 aliphatic rings. The molecule has 0 aromatic rings. The Morgan fingerprint density at radius 1 is 1.00 bits per heavy atom. The number of ether oxygens (including phenoxy) is 1. The van der Waals surface area contributed by atoms with Crippen LogP contribution in [0, 0.1) is 0 Å². The molecule has 0 rings (SSSR count). The molecule has 0 spiro atoms. The lowest BCUT2D eigenvalue weighted by Crippen LogP contribution is -2.36. The van der Waals surface area contributed by atoms with Crippen molar-refractivity contribution in [2.45, 2.75) is 65.5 Å². The Labute approximate surface area is 95.6 Å². The summed E-state index contributed by atoms with van der Waals surface area (Å²) in [5.41, 5.74) is 11.1. The topological polar surface area (TPSA) is 61.3 Å². The Balaban J connectivity index is 0. The molecule has 94 valence electrons. The van der Waals surface area contributed by atoms with Crippen LogP contribution in [0.5, 0.6) is 0 Å². The molecular weight excluding hydrogens is 188 g/mol. The second-order valence-electron chi connectivity index (χ2n) is 4.89. The van der Waals surface area contributed by atoms with Crippen molar-refractivity contribution in [2.24, 2.45) is 11.5 Å². The Morgan fingerprint density at radius 2 is 1.47 bits per heavy atom. The first kappa shape index (κ1) is 17.3. The molecule has 0 bridgehead atoms. The molecule has 0 aromatic heterocycles. The smallest absolute Gasteiger partial charge is 0.0638 e. The van der Waals surface area contributed by atoms with Crippen LogP contribution in [0.2, 0.25) is 0 Å². The quantitative estimate of drug-likeness (QED) is 0.719. The molecular formula is C12H30N2O. The summed E-state index contributed by atoms with van der Waals surface area (Å²) in [7, 11) is 0. The third-order valence-electron chi connectivity index (χ3n) is 1.99. The SMILES string of the molecule is CC.CC(C)(N)CCOC(C)(C)CCN. The molecule has 0 aliphatic heterocycles. The Hall–Kier alpha value is -0.120. The van der Waals surface area contributed by atoms with Crippen LogP contribution in [0.1, 0.15) is 54.4 Å². The van der Waals surface area contributed by atoms with E-state index in [2.05, 4.69) is 13.8 Å². The van der Waals surface area contributed by atoms with E-state index in [1.54, 1.807) is 0 Å². The highest BCUT2D eigenvalue weighted by molar-refractivity contribution is 4.73. The normalized spacial score (nSPS) is 12.0. The van der Waals surface area contributed by atoms with E-state index >= 15 is 0 Å². The fraction of sp³-hybridized carbons (Fsp3) is 1.00. The highest BCUT2D eigenvalue weighted by Crippen LogP contribution is 2.15. The fourth-order valence-electron chi connectivity index (χ4n) is 1.01. The zero-order valence-electron chi connectivity index (χ0n) is 11.4. The molecule has 0 aliphatic carbocycles. The van der Waals surface area contributed by atoms with Gasteiger partial charge >= 0.3 is 0 Å². The van der Waals surface area contributed by atoms with Crippen molar-refractivity contribution in [3.8, 4) is 0 Å². The van der Waals surface area contributed by atoms with Crippen molar-refractivity contribution in [1.82, 2.24) is 0 Å². The van der Waals surface area contributed by atoms with Crippen molar-refractivity contribution in [2.75, 3.05) is 13.2 Å². The van der Waals surface area contributed by atoms with E-state index in [1.807, 2.05) is 27.7 Å². The van der Waals surface area contributed by atoms with Crippen LogP contribution < -0.4 is 11.5 Å². The predicted octanol–water partition coefficient (Wildman–Crippen LogP) is 2.28. The van der Waals surface area contributed by atoms with Gasteiger partial charge in [-0.25, -0.2) is 0 Å². The van der Waals surface area contributed by atoms with Gasteiger partial charge in [0.25, 0.3) is 0 Å². The summed E-state index contributed by atoms with van der Waals surface area (Å²) in [5.74, 6) is 0. The third-order valence-corrected chi connectivity index (χ3v) is 1.99. The standard InChI is InChI=1S/C10H24N2O.C2H6/c1-9(2,12)6-8-13-10(3,4)5-7-11;1-2/h5-8,11-12H2,1-4H3;1-2H3. The molecule has 0 heterocycles. The Kier molecular flexibility index (Phi) is 9.31. The maximum Gasteiger partial charge on any atom is 0.0638 e. The van der Waals surface area contributed by atoms with Crippen LogP contribution >= 0.6 is 0 Å². The van der Waals surface area contributed by atoms with Gasteiger partial charge < -0.3 is 16.2 Å². The summed E-state index contributed by atoms with van der Waals surface area (Å²) < 4.78 is 5.69. The van der Waals surface area contributed by atoms with Gasteiger partial charge in [-0.15, -0.1) is 0 Å². The van der Waals surface area contributed by atoms with Gasteiger partial charge in [-0.2, -0.15) is 0 Å². The van der Waals surface area contributed by atoms with Crippen molar-refractivity contribution < 1.29 is 4.74 Å². The maximum absolute atomic E-state index is 5.83. The first-order valence-corrected chi connectivity index (χ1v) is 5.90. The minimum Gasteiger partial charge on any atom is -0.375 e. The summed E-state index contributed by atoms with van der Waals surface area (Å²) >= 11 is 0.